The Kier molecular flexibility index (Phi) is 6.82. The van der Waals surface area contributed by atoms with Crippen molar-refractivity contribution in [1.29, 1.82) is 0 Å². The van der Waals surface area contributed by atoms with Crippen LogP contribution in [0.2, 0.25) is 4.34 Å². The van der Waals surface area contributed by atoms with E-state index in [1.807, 2.05) is 0 Å². The van der Waals surface area contributed by atoms with Crippen molar-refractivity contribution in [3.63, 3.8) is 0 Å². The summed E-state index contributed by atoms with van der Waals surface area (Å²) in [5, 5.41) is 2.07. The number of nitrogens with zero attached hydrogens (tertiary/aromatic N) is 1. The van der Waals surface area contributed by atoms with E-state index < -0.39 is 0 Å². The fourth-order valence-electron chi connectivity index (χ4n) is 2.44. The summed E-state index contributed by atoms with van der Waals surface area (Å²) in [7, 11) is 0. The molecule has 2 N–H and O–H groups in total. The monoisotopic (exact) mass is 294 g/mol. The third kappa shape index (κ3) is 4.42. The fraction of sp³-hybridized carbons (Fsp3) is 0.667. The molecule has 1 fully saturated rings. The van der Waals surface area contributed by atoms with Crippen molar-refractivity contribution >= 4 is 35.3 Å². The van der Waals surface area contributed by atoms with Gasteiger partial charge in [-0.15, -0.1) is 23.7 Å². The maximum atomic E-state index is 6.13. The second kappa shape index (κ2) is 7.59. The van der Waals surface area contributed by atoms with E-state index >= 15 is 0 Å². The molecule has 0 aromatic carbocycles. The van der Waals surface area contributed by atoms with Gasteiger partial charge in [-0.3, -0.25) is 4.90 Å². The fourth-order valence-corrected chi connectivity index (χ4v) is 3.35. The quantitative estimate of drug-likeness (QED) is 0.922. The Labute approximate surface area is 119 Å². The van der Waals surface area contributed by atoms with Crippen molar-refractivity contribution < 1.29 is 0 Å². The summed E-state index contributed by atoms with van der Waals surface area (Å²) in [6.07, 6.45) is 3.80. The molecule has 2 nitrogen and oxygen atoms in total. The van der Waals surface area contributed by atoms with Gasteiger partial charge in [0.2, 0.25) is 0 Å². The number of thiophene rings is 1. The van der Waals surface area contributed by atoms with Gasteiger partial charge in [0.1, 0.15) is 0 Å². The summed E-state index contributed by atoms with van der Waals surface area (Å²) in [6, 6.07) is 2.14. The lowest BCUT2D eigenvalue weighted by molar-refractivity contribution is 0.163. The third-order valence-corrected chi connectivity index (χ3v) is 4.52. The molecule has 1 aromatic rings. The van der Waals surface area contributed by atoms with Crippen LogP contribution in [0.1, 0.15) is 24.8 Å². The minimum Gasteiger partial charge on any atom is -0.330 e. The van der Waals surface area contributed by atoms with Gasteiger partial charge in [0.05, 0.1) is 4.34 Å². The molecule has 1 aliphatic heterocycles. The molecule has 1 unspecified atom stereocenters. The van der Waals surface area contributed by atoms with E-state index in [-0.39, 0.29) is 12.4 Å². The number of halogens is 2. The van der Waals surface area contributed by atoms with Crippen molar-refractivity contribution in [2.24, 2.45) is 11.7 Å². The van der Waals surface area contributed by atoms with E-state index in [2.05, 4.69) is 16.3 Å². The third-order valence-electron chi connectivity index (χ3n) is 3.27. The Balaban J connectivity index is 0.00000144. The predicted molar refractivity (Wildman–Crippen MR) is 78.2 cm³/mol. The van der Waals surface area contributed by atoms with Crippen LogP contribution in [-0.2, 0) is 6.54 Å². The van der Waals surface area contributed by atoms with Crippen LogP contribution in [0.5, 0.6) is 0 Å². The minimum absolute atomic E-state index is 0. The highest BCUT2D eigenvalue weighted by atomic mass is 35.5. The summed E-state index contributed by atoms with van der Waals surface area (Å²) in [4.78, 5) is 2.51. The molecule has 1 atom stereocenters. The van der Waals surface area contributed by atoms with Gasteiger partial charge in [0, 0.05) is 13.1 Å². The standard InChI is InChI=1S/C12H19ClN2S.ClH/c13-12-11(4-7-16-12)9-15-6-1-2-10(8-15)3-5-14;/h4,7,10H,1-3,5-6,8-9,14H2;1H. The summed E-state index contributed by atoms with van der Waals surface area (Å²) in [5.74, 6) is 0.788. The van der Waals surface area contributed by atoms with E-state index in [4.69, 9.17) is 17.3 Å². The number of nitrogens with two attached hydrogens (primary N) is 1. The molecule has 1 aliphatic rings. The molecule has 1 aromatic heterocycles. The zero-order valence-corrected chi connectivity index (χ0v) is 12.3. The Bertz CT molecular complexity index is 328. The predicted octanol–water partition coefficient (Wildman–Crippen LogP) is 3.38. The van der Waals surface area contributed by atoms with Crippen LogP contribution in [0, 0.1) is 5.92 Å². The topological polar surface area (TPSA) is 29.3 Å². The van der Waals surface area contributed by atoms with Crippen LogP contribution in [0.4, 0.5) is 0 Å². The minimum atomic E-state index is 0. The number of hydrogen-bond acceptors (Lipinski definition) is 3. The summed E-state index contributed by atoms with van der Waals surface area (Å²) >= 11 is 7.75. The van der Waals surface area contributed by atoms with E-state index in [1.165, 1.54) is 31.5 Å². The van der Waals surface area contributed by atoms with Crippen LogP contribution in [0.15, 0.2) is 11.4 Å². The van der Waals surface area contributed by atoms with E-state index in [1.54, 1.807) is 11.3 Å². The maximum Gasteiger partial charge on any atom is 0.0973 e. The van der Waals surface area contributed by atoms with Gasteiger partial charge in [0.25, 0.3) is 0 Å². The molecule has 0 amide bonds. The highest BCUT2D eigenvalue weighted by Crippen LogP contribution is 2.26. The average molecular weight is 295 g/mol. The van der Waals surface area contributed by atoms with Gasteiger partial charge < -0.3 is 5.73 Å². The van der Waals surface area contributed by atoms with E-state index in [0.29, 0.717) is 0 Å². The first-order valence-electron chi connectivity index (χ1n) is 5.94. The molecule has 0 aliphatic carbocycles. The Morgan fingerprint density at radius 1 is 1.53 bits per heavy atom. The first kappa shape index (κ1) is 15.3. The molecule has 0 radical (unpaired) electrons. The number of hydrogen-bond donors (Lipinski definition) is 1. The normalized spacial score (nSPS) is 21.2. The SMILES string of the molecule is Cl.NCCC1CCCN(Cc2ccsc2Cl)C1. The molecule has 98 valence electrons. The zero-order chi connectivity index (χ0) is 11.4. The molecule has 1 saturated heterocycles. The number of piperidine rings is 1. The highest BCUT2D eigenvalue weighted by Gasteiger charge is 2.19. The molecule has 2 rings (SSSR count). The highest BCUT2D eigenvalue weighted by molar-refractivity contribution is 7.14. The zero-order valence-electron chi connectivity index (χ0n) is 9.90. The van der Waals surface area contributed by atoms with E-state index in [0.717, 1.165) is 29.8 Å². The Morgan fingerprint density at radius 2 is 2.35 bits per heavy atom. The smallest absolute Gasteiger partial charge is 0.0973 e. The van der Waals surface area contributed by atoms with Crippen molar-refractivity contribution in [3.05, 3.63) is 21.3 Å². The first-order valence-corrected chi connectivity index (χ1v) is 7.19. The van der Waals surface area contributed by atoms with Crippen molar-refractivity contribution in [1.82, 2.24) is 4.90 Å². The average Bonchev–Trinajstić information content (AvgIpc) is 2.66. The lowest BCUT2D eigenvalue weighted by atomic mass is 9.95. The molecule has 0 bridgehead atoms. The van der Waals surface area contributed by atoms with Crippen LogP contribution in [-0.4, -0.2) is 24.5 Å². The summed E-state index contributed by atoms with van der Waals surface area (Å²) in [5.41, 5.74) is 6.90. The first-order chi connectivity index (χ1) is 7.79. The van der Waals surface area contributed by atoms with Gasteiger partial charge in [0.15, 0.2) is 0 Å². The van der Waals surface area contributed by atoms with Gasteiger partial charge in [-0.25, -0.2) is 0 Å². The summed E-state index contributed by atoms with van der Waals surface area (Å²) < 4.78 is 0.945. The van der Waals surface area contributed by atoms with E-state index in [9.17, 15) is 0 Å². The van der Waals surface area contributed by atoms with Gasteiger partial charge >= 0.3 is 0 Å². The van der Waals surface area contributed by atoms with Gasteiger partial charge in [-0.2, -0.15) is 0 Å². The number of rotatable bonds is 4. The molecule has 0 spiro atoms. The van der Waals surface area contributed by atoms with Crippen molar-refractivity contribution in [3.8, 4) is 0 Å². The van der Waals surface area contributed by atoms with Crippen LogP contribution in [0.3, 0.4) is 0 Å². The largest absolute Gasteiger partial charge is 0.330 e. The second-order valence-electron chi connectivity index (χ2n) is 4.54. The molecule has 2 heterocycles. The molecular weight excluding hydrogens is 275 g/mol. The maximum absolute atomic E-state index is 6.13. The molecule has 5 heteroatoms. The van der Waals surface area contributed by atoms with Crippen molar-refractivity contribution in [2.75, 3.05) is 19.6 Å². The second-order valence-corrected chi connectivity index (χ2v) is 6.06. The number of likely N-dealkylation sites (tertiary alicyclic amines) is 1. The lowest BCUT2D eigenvalue weighted by Crippen LogP contribution is -2.35. The van der Waals surface area contributed by atoms with Crippen molar-refractivity contribution in [2.45, 2.75) is 25.8 Å². The van der Waals surface area contributed by atoms with Crippen LogP contribution >= 0.6 is 35.3 Å². The molecule has 0 saturated carbocycles. The Hall–Kier alpha value is 0.200. The summed E-state index contributed by atoms with van der Waals surface area (Å²) in [6.45, 7) is 4.21. The van der Waals surface area contributed by atoms with Crippen LogP contribution in [0.25, 0.3) is 0 Å². The molecular formula is C12H20Cl2N2S. The molecule has 17 heavy (non-hydrogen) atoms. The van der Waals surface area contributed by atoms with Gasteiger partial charge in [-0.1, -0.05) is 11.6 Å². The lowest BCUT2D eigenvalue weighted by Gasteiger charge is -2.32. The Morgan fingerprint density at radius 3 is 3.00 bits per heavy atom. The van der Waals surface area contributed by atoms with Crippen LogP contribution < -0.4 is 5.73 Å². The van der Waals surface area contributed by atoms with Gasteiger partial charge in [-0.05, 0) is 55.3 Å².